The molecule has 1 N–H and O–H groups in total. The topological polar surface area (TPSA) is 50.3 Å². The molecule has 3 aromatic rings. The number of rotatable bonds is 5. The Balaban J connectivity index is 1.70. The van der Waals surface area contributed by atoms with Crippen LogP contribution in [0, 0.1) is 19.7 Å². The van der Waals surface area contributed by atoms with Crippen LogP contribution in [0.15, 0.2) is 42.5 Å². The lowest BCUT2D eigenvalue weighted by atomic mass is 9.99. The summed E-state index contributed by atoms with van der Waals surface area (Å²) in [7, 11) is 1.66. The smallest absolute Gasteiger partial charge is 0.229 e. The van der Waals surface area contributed by atoms with Crippen molar-refractivity contribution in [3.8, 4) is 0 Å². The first-order valence-corrected chi connectivity index (χ1v) is 9.76. The van der Waals surface area contributed by atoms with Crippen LogP contribution >= 0.6 is 0 Å². The highest BCUT2D eigenvalue weighted by molar-refractivity contribution is 5.61. The van der Waals surface area contributed by atoms with E-state index in [0.29, 0.717) is 12.6 Å². The molecule has 5 nitrogen and oxygen atoms in total. The molecule has 0 saturated heterocycles. The highest BCUT2D eigenvalue weighted by atomic mass is 19.1. The van der Waals surface area contributed by atoms with Crippen molar-refractivity contribution in [3.05, 3.63) is 76.2 Å². The molecule has 0 spiro atoms. The summed E-state index contributed by atoms with van der Waals surface area (Å²) in [6.07, 6.45) is 0.985. The second-order valence-corrected chi connectivity index (χ2v) is 7.40. The highest BCUT2D eigenvalue weighted by Gasteiger charge is 2.21. The molecule has 0 aliphatic carbocycles. The van der Waals surface area contributed by atoms with Crippen molar-refractivity contribution >= 4 is 17.5 Å². The fraction of sp³-hybridized carbons (Fsp3) is 0.304. The Kier molecular flexibility index (Phi) is 5.45. The molecule has 0 radical (unpaired) electrons. The minimum Gasteiger partial charge on any atom is -0.378 e. The summed E-state index contributed by atoms with van der Waals surface area (Å²) in [5.41, 5.74) is 6.18. The van der Waals surface area contributed by atoms with Crippen molar-refractivity contribution < 1.29 is 9.13 Å². The summed E-state index contributed by atoms with van der Waals surface area (Å²) in [6.45, 7) is 6.02. The molecule has 1 aromatic heterocycles. The van der Waals surface area contributed by atoms with Crippen LogP contribution < -0.4 is 10.2 Å². The third-order valence-electron chi connectivity index (χ3n) is 5.37. The molecule has 6 heteroatoms. The van der Waals surface area contributed by atoms with Gasteiger partial charge in [0, 0.05) is 31.5 Å². The SMILES string of the molecule is COCc1nc(Nc2ccc(F)cc2C)nc(N2CCc3ccccc3C2)c1C. The molecule has 2 aromatic carbocycles. The van der Waals surface area contributed by atoms with Crippen molar-refractivity contribution in [1.82, 2.24) is 9.97 Å². The molecule has 4 rings (SSSR count). The minimum absolute atomic E-state index is 0.259. The quantitative estimate of drug-likeness (QED) is 0.683. The van der Waals surface area contributed by atoms with Gasteiger partial charge in [0.2, 0.25) is 5.95 Å². The lowest BCUT2D eigenvalue weighted by Gasteiger charge is -2.31. The first-order chi connectivity index (χ1) is 14.0. The fourth-order valence-electron chi connectivity index (χ4n) is 3.76. The molecule has 0 saturated carbocycles. The average molecular weight is 392 g/mol. The fourth-order valence-corrected chi connectivity index (χ4v) is 3.76. The van der Waals surface area contributed by atoms with E-state index in [1.807, 2.05) is 13.8 Å². The van der Waals surface area contributed by atoms with Gasteiger partial charge < -0.3 is 15.0 Å². The number of anilines is 3. The number of aromatic nitrogens is 2. The summed E-state index contributed by atoms with van der Waals surface area (Å²) in [6, 6.07) is 13.2. The Morgan fingerprint density at radius 3 is 2.66 bits per heavy atom. The number of aryl methyl sites for hydroxylation is 1. The van der Waals surface area contributed by atoms with Gasteiger partial charge in [0.05, 0.1) is 12.3 Å². The van der Waals surface area contributed by atoms with E-state index in [4.69, 9.17) is 9.72 Å². The number of hydrogen-bond donors (Lipinski definition) is 1. The number of benzene rings is 2. The number of methoxy groups -OCH3 is 1. The largest absolute Gasteiger partial charge is 0.378 e. The molecule has 0 bridgehead atoms. The number of fused-ring (bicyclic) bond motifs is 1. The molecule has 150 valence electrons. The lowest BCUT2D eigenvalue weighted by Crippen LogP contribution is -2.32. The van der Waals surface area contributed by atoms with E-state index in [1.165, 1.54) is 23.3 Å². The van der Waals surface area contributed by atoms with Crippen molar-refractivity contribution in [3.63, 3.8) is 0 Å². The van der Waals surface area contributed by atoms with E-state index in [9.17, 15) is 4.39 Å². The number of halogens is 1. The van der Waals surface area contributed by atoms with Gasteiger partial charge in [-0.2, -0.15) is 4.98 Å². The zero-order chi connectivity index (χ0) is 20.4. The zero-order valence-electron chi connectivity index (χ0n) is 17.0. The molecule has 0 unspecified atom stereocenters. The molecule has 0 fully saturated rings. The third kappa shape index (κ3) is 4.07. The second kappa shape index (κ2) is 8.17. The highest BCUT2D eigenvalue weighted by Crippen LogP contribution is 2.29. The van der Waals surface area contributed by atoms with Crippen LogP contribution in [-0.2, 0) is 24.3 Å². The first-order valence-electron chi connectivity index (χ1n) is 9.76. The normalized spacial score (nSPS) is 13.3. The van der Waals surface area contributed by atoms with Gasteiger partial charge >= 0.3 is 0 Å². The predicted molar refractivity (Wildman–Crippen MR) is 113 cm³/mol. The van der Waals surface area contributed by atoms with Crippen LogP contribution in [0.25, 0.3) is 0 Å². The van der Waals surface area contributed by atoms with Gasteiger partial charge in [-0.05, 0) is 55.2 Å². The Hall–Kier alpha value is -2.99. The summed E-state index contributed by atoms with van der Waals surface area (Å²) in [4.78, 5) is 11.8. The van der Waals surface area contributed by atoms with Gasteiger partial charge in [-0.25, -0.2) is 9.37 Å². The molecule has 1 aliphatic rings. The van der Waals surface area contributed by atoms with Crippen LogP contribution in [0.2, 0.25) is 0 Å². The number of ether oxygens (including phenoxy) is 1. The molecule has 2 heterocycles. The van der Waals surface area contributed by atoms with Gasteiger partial charge in [0.15, 0.2) is 0 Å². The van der Waals surface area contributed by atoms with Crippen LogP contribution in [0.3, 0.4) is 0 Å². The number of nitrogens with zero attached hydrogens (tertiary/aromatic N) is 3. The van der Waals surface area contributed by atoms with Crippen molar-refractivity contribution in [1.29, 1.82) is 0 Å². The Morgan fingerprint density at radius 2 is 1.90 bits per heavy atom. The van der Waals surface area contributed by atoms with E-state index < -0.39 is 0 Å². The number of hydrogen-bond acceptors (Lipinski definition) is 5. The number of nitrogens with one attached hydrogen (secondary N) is 1. The molecular formula is C23H25FN4O. The van der Waals surface area contributed by atoms with E-state index in [-0.39, 0.29) is 5.82 Å². The maximum Gasteiger partial charge on any atom is 0.229 e. The predicted octanol–water partition coefficient (Wildman–Crippen LogP) is 4.69. The zero-order valence-corrected chi connectivity index (χ0v) is 17.0. The Morgan fingerprint density at radius 1 is 1.10 bits per heavy atom. The van der Waals surface area contributed by atoms with Crippen molar-refractivity contribution in [2.45, 2.75) is 33.4 Å². The van der Waals surface area contributed by atoms with Crippen LogP contribution in [0.5, 0.6) is 0 Å². The third-order valence-corrected chi connectivity index (χ3v) is 5.37. The van der Waals surface area contributed by atoms with Gasteiger partial charge in [0.1, 0.15) is 11.6 Å². The molecular weight excluding hydrogens is 367 g/mol. The van der Waals surface area contributed by atoms with Gasteiger partial charge in [0.25, 0.3) is 0 Å². The summed E-state index contributed by atoms with van der Waals surface area (Å²) in [5, 5.41) is 3.25. The Bertz CT molecular complexity index is 1040. The maximum absolute atomic E-state index is 13.4. The first kappa shape index (κ1) is 19.3. The maximum atomic E-state index is 13.4. The minimum atomic E-state index is -0.259. The van der Waals surface area contributed by atoms with Crippen molar-refractivity contribution in [2.24, 2.45) is 0 Å². The standard InChI is InChI=1S/C23H25FN4O/c1-15-12-19(24)8-9-20(15)25-23-26-21(14-29-3)16(2)22(27-23)28-11-10-17-6-4-5-7-18(17)13-28/h4-9,12H,10-11,13-14H2,1-3H3,(H,25,26,27). The van der Waals surface area contributed by atoms with E-state index in [0.717, 1.165) is 47.8 Å². The summed E-state index contributed by atoms with van der Waals surface area (Å²) in [5.74, 6) is 1.14. The van der Waals surface area contributed by atoms with Crippen LogP contribution in [0.4, 0.5) is 21.8 Å². The van der Waals surface area contributed by atoms with E-state index in [1.54, 1.807) is 13.2 Å². The van der Waals surface area contributed by atoms with Crippen molar-refractivity contribution in [2.75, 3.05) is 23.9 Å². The molecule has 29 heavy (non-hydrogen) atoms. The lowest BCUT2D eigenvalue weighted by molar-refractivity contribution is 0.181. The van der Waals surface area contributed by atoms with E-state index in [2.05, 4.69) is 39.5 Å². The molecule has 1 aliphatic heterocycles. The van der Waals surface area contributed by atoms with E-state index >= 15 is 0 Å². The van der Waals surface area contributed by atoms with Gasteiger partial charge in [-0.1, -0.05) is 24.3 Å². The van der Waals surface area contributed by atoms with Crippen LogP contribution in [-0.4, -0.2) is 23.6 Å². The second-order valence-electron chi connectivity index (χ2n) is 7.40. The average Bonchev–Trinajstić information content (AvgIpc) is 2.72. The Labute approximate surface area is 170 Å². The monoisotopic (exact) mass is 392 g/mol. The molecule has 0 atom stereocenters. The van der Waals surface area contributed by atoms with Gasteiger partial charge in [-0.15, -0.1) is 0 Å². The molecule has 0 amide bonds. The summed E-state index contributed by atoms with van der Waals surface area (Å²) < 4.78 is 18.8. The van der Waals surface area contributed by atoms with Gasteiger partial charge in [-0.3, -0.25) is 0 Å². The summed E-state index contributed by atoms with van der Waals surface area (Å²) >= 11 is 0. The van der Waals surface area contributed by atoms with Crippen LogP contribution in [0.1, 0.15) is 27.9 Å².